The Balaban J connectivity index is 1.47. The van der Waals surface area contributed by atoms with Crippen molar-refractivity contribution in [3.8, 4) is 5.69 Å². The summed E-state index contributed by atoms with van der Waals surface area (Å²) in [4.78, 5) is 35.6. The van der Waals surface area contributed by atoms with Gasteiger partial charge in [0.2, 0.25) is 0 Å². The summed E-state index contributed by atoms with van der Waals surface area (Å²) in [6, 6.07) is 13.2. The van der Waals surface area contributed by atoms with Crippen LogP contribution in [0.1, 0.15) is 29.8 Å². The van der Waals surface area contributed by atoms with Gasteiger partial charge in [-0.3, -0.25) is 19.1 Å². The number of carbonyl (C=O) groups is 1. The number of aryl methyl sites for hydroxylation is 1. The number of rotatable bonds is 5. The lowest BCUT2D eigenvalue weighted by Gasteiger charge is -2.38. The van der Waals surface area contributed by atoms with Gasteiger partial charge in [0.1, 0.15) is 12.6 Å². The van der Waals surface area contributed by atoms with Gasteiger partial charge in [0.05, 0.1) is 16.6 Å². The van der Waals surface area contributed by atoms with Gasteiger partial charge in [-0.05, 0) is 56.7 Å². The van der Waals surface area contributed by atoms with Gasteiger partial charge in [0, 0.05) is 49.5 Å². The number of amides is 1. The van der Waals surface area contributed by atoms with Crippen LogP contribution in [0.4, 0.5) is 11.5 Å². The number of nitrogens with zero attached hydrogens (tertiary/aromatic N) is 5. The highest BCUT2D eigenvalue weighted by atomic mass is 16.5. The highest BCUT2D eigenvalue weighted by Gasteiger charge is 2.20. The van der Waals surface area contributed by atoms with Crippen molar-refractivity contribution < 1.29 is 9.32 Å². The molecule has 1 saturated heterocycles. The summed E-state index contributed by atoms with van der Waals surface area (Å²) in [6.07, 6.45) is 2.91. The van der Waals surface area contributed by atoms with Crippen molar-refractivity contribution in [3.63, 3.8) is 0 Å². The molecule has 1 fully saturated rings. The molecule has 0 spiro atoms. The molecule has 0 radical (unpaired) electrons. The van der Waals surface area contributed by atoms with Gasteiger partial charge in [-0.2, -0.15) is 0 Å². The molecule has 0 atom stereocenters. The monoisotopic (exact) mass is 472 g/mol. The van der Waals surface area contributed by atoms with Crippen LogP contribution in [-0.2, 0) is 0 Å². The first-order chi connectivity index (χ1) is 16.9. The molecular weight excluding hydrogens is 444 g/mol. The molecular formula is C26H28N6O3. The fraction of sp³-hybridized carbons (Fsp3) is 0.308. The quantitative estimate of drug-likeness (QED) is 0.475. The Hall–Kier alpha value is -3.98. The fourth-order valence-electron chi connectivity index (χ4n) is 4.45. The number of fused-ring (bicyclic) bond motifs is 1. The van der Waals surface area contributed by atoms with Crippen LogP contribution in [-0.4, -0.2) is 57.7 Å². The van der Waals surface area contributed by atoms with E-state index in [0.717, 1.165) is 37.4 Å². The largest absolute Gasteiger partial charge is 0.369 e. The summed E-state index contributed by atoms with van der Waals surface area (Å²) >= 11 is 0. The third-order valence-electron chi connectivity index (χ3n) is 6.56. The van der Waals surface area contributed by atoms with Crippen molar-refractivity contribution in [2.24, 2.45) is 0 Å². The van der Waals surface area contributed by atoms with E-state index < -0.39 is 0 Å². The van der Waals surface area contributed by atoms with Crippen LogP contribution in [0.15, 0.2) is 64.4 Å². The molecule has 180 valence electrons. The molecule has 0 bridgehead atoms. The molecule has 3 heterocycles. The first-order valence-electron chi connectivity index (χ1n) is 11.7. The van der Waals surface area contributed by atoms with Crippen LogP contribution in [0.25, 0.3) is 16.6 Å². The first kappa shape index (κ1) is 22.8. The minimum absolute atomic E-state index is 0.171. The van der Waals surface area contributed by atoms with Gasteiger partial charge in [0.25, 0.3) is 11.5 Å². The van der Waals surface area contributed by atoms with Crippen LogP contribution in [0.3, 0.4) is 0 Å². The second-order valence-corrected chi connectivity index (χ2v) is 9.08. The predicted octanol–water partition coefficient (Wildman–Crippen LogP) is 3.46. The van der Waals surface area contributed by atoms with E-state index in [2.05, 4.69) is 39.1 Å². The zero-order chi connectivity index (χ0) is 24.5. The Labute approximate surface area is 203 Å². The van der Waals surface area contributed by atoms with Crippen molar-refractivity contribution in [2.45, 2.75) is 26.8 Å². The van der Waals surface area contributed by atoms with E-state index in [1.54, 1.807) is 18.2 Å². The summed E-state index contributed by atoms with van der Waals surface area (Å²) in [5.41, 5.74) is 3.36. The third kappa shape index (κ3) is 4.54. The first-order valence-corrected chi connectivity index (χ1v) is 11.7. The average molecular weight is 473 g/mol. The second-order valence-electron chi connectivity index (χ2n) is 9.08. The van der Waals surface area contributed by atoms with Crippen molar-refractivity contribution >= 4 is 28.3 Å². The lowest BCUT2D eigenvalue weighted by Crippen LogP contribution is -2.48. The van der Waals surface area contributed by atoms with E-state index in [9.17, 15) is 9.59 Å². The van der Waals surface area contributed by atoms with Crippen LogP contribution >= 0.6 is 0 Å². The predicted molar refractivity (Wildman–Crippen MR) is 135 cm³/mol. The standard InChI is InChI=1S/C26H28N6O3/c1-17(2)30-9-11-31(12-10-30)20-6-7-22-21(15-20)26(34)32(16-27-22)23-14-19(5-4-18(23)3)25(33)28-24-8-13-35-29-24/h4-8,13-17H,9-12H2,1-3H3,(H,28,29,33). The minimum atomic E-state index is -0.343. The van der Waals surface area contributed by atoms with Gasteiger partial charge < -0.3 is 14.7 Å². The Morgan fingerprint density at radius 2 is 1.86 bits per heavy atom. The lowest BCUT2D eigenvalue weighted by atomic mass is 10.1. The van der Waals surface area contributed by atoms with E-state index >= 15 is 0 Å². The topological polar surface area (TPSA) is 96.5 Å². The summed E-state index contributed by atoms with van der Waals surface area (Å²) < 4.78 is 6.27. The van der Waals surface area contributed by atoms with Gasteiger partial charge >= 0.3 is 0 Å². The zero-order valence-corrected chi connectivity index (χ0v) is 20.1. The lowest BCUT2D eigenvalue weighted by molar-refractivity contribution is 0.102. The van der Waals surface area contributed by atoms with Crippen molar-refractivity contribution in [2.75, 3.05) is 36.4 Å². The van der Waals surface area contributed by atoms with Gasteiger partial charge in [-0.25, -0.2) is 4.98 Å². The van der Waals surface area contributed by atoms with Crippen molar-refractivity contribution in [1.82, 2.24) is 19.6 Å². The highest BCUT2D eigenvalue weighted by Crippen LogP contribution is 2.22. The normalized spacial score (nSPS) is 14.6. The van der Waals surface area contributed by atoms with Crippen LogP contribution < -0.4 is 15.8 Å². The third-order valence-corrected chi connectivity index (χ3v) is 6.56. The molecule has 0 aliphatic carbocycles. The molecule has 0 saturated carbocycles. The Morgan fingerprint density at radius 1 is 1.06 bits per heavy atom. The minimum Gasteiger partial charge on any atom is -0.369 e. The average Bonchev–Trinajstić information content (AvgIpc) is 3.38. The molecule has 2 aromatic carbocycles. The molecule has 2 aromatic heterocycles. The summed E-state index contributed by atoms with van der Waals surface area (Å²) in [5, 5.41) is 6.94. The number of hydrogen-bond donors (Lipinski definition) is 1. The molecule has 1 N–H and O–H groups in total. The van der Waals surface area contributed by atoms with Gasteiger partial charge in [-0.1, -0.05) is 11.2 Å². The van der Waals surface area contributed by atoms with E-state index in [0.29, 0.717) is 34.0 Å². The van der Waals surface area contributed by atoms with E-state index in [4.69, 9.17) is 4.52 Å². The molecule has 0 unspecified atom stereocenters. The number of piperazine rings is 1. The number of hydrogen-bond acceptors (Lipinski definition) is 7. The van der Waals surface area contributed by atoms with Gasteiger partial charge in [0.15, 0.2) is 5.82 Å². The maximum absolute atomic E-state index is 13.6. The number of nitrogens with one attached hydrogen (secondary N) is 1. The molecule has 4 aromatic rings. The van der Waals surface area contributed by atoms with E-state index in [1.807, 2.05) is 31.2 Å². The number of anilines is 2. The summed E-state index contributed by atoms with van der Waals surface area (Å²) in [5.74, 6) is -0.0202. The smallest absolute Gasteiger partial charge is 0.265 e. The molecule has 1 aliphatic heterocycles. The second kappa shape index (κ2) is 9.34. The fourth-order valence-corrected chi connectivity index (χ4v) is 4.45. The maximum atomic E-state index is 13.6. The molecule has 9 nitrogen and oxygen atoms in total. The van der Waals surface area contributed by atoms with Crippen molar-refractivity contribution in [1.29, 1.82) is 0 Å². The zero-order valence-electron chi connectivity index (χ0n) is 20.1. The number of aromatic nitrogens is 3. The van der Waals surface area contributed by atoms with Crippen LogP contribution in [0.2, 0.25) is 0 Å². The highest BCUT2D eigenvalue weighted by molar-refractivity contribution is 6.04. The molecule has 1 amide bonds. The maximum Gasteiger partial charge on any atom is 0.265 e. The Morgan fingerprint density at radius 3 is 2.57 bits per heavy atom. The summed E-state index contributed by atoms with van der Waals surface area (Å²) in [7, 11) is 0. The Bertz CT molecular complexity index is 1420. The molecule has 5 rings (SSSR count). The number of benzene rings is 2. The van der Waals surface area contributed by atoms with Crippen molar-refractivity contribution in [3.05, 3.63) is 76.5 Å². The van der Waals surface area contributed by atoms with E-state index in [1.165, 1.54) is 17.2 Å². The van der Waals surface area contributed by atoms with E-state index in [-0.39, 0.29) is 11.5 Å². The molecule has 35 heavy (non-hydrogen) atoms. The summed E-state index contributed by atoms with van der Waals surface area (Å²) in [6.45, 7) is 10.2. The SMILES string of the molecule is Cc1ccc(C(=O)Nc2ccon2)cc1-n1cnc2ccc(N3CCN(C(C)C)CC3)cc2c1=O. The molecule has 1 aliphatic rings. The number of carbonyl (C=O) groups excluding carboxylic acids is 1. The van der Waals surface area contributed by atoms with Crippen LogP contribution in [0.5, 0.6) is 0 Å². The Kier molecular flexibility index (Phi) is 6.08. The van der Waals surface area contributed by atoms with Crippen LogP contribution in [0, 0.1) is 6.92 Å². The molecule has 9 heteroatoms. The van der Waals surface area contributed by atoms with Gasteiger partial charge in [-0.15, -0.1) is 0 Å².